The standard InChI is InChI=1S/C15H20.C2H6/c1-3-10-4-2-6-13-14(12(10)5-1)8-7-11-9-15(11)13;1-2/h1-2,5-6,10-15H,3-4,7-9H2;1-2H3. The van der Waals surface area contributed by atoms with Crippen LogP contribution < -0.4 is 0 Å². The first-order chi connectivity index (χ1) is 8.43. The summed E-state index contributed by atoms with van der Waals surface area (Å²) in [4.78, 5) is 0. The highest BCUT2D eigenvalue weighted by Crippen LogP contribution is 2.59. The zero-order valence-electron chi connectivity index (χ0n) is 11.3. The van der Waals surface area contributed by atoms with Gasteiger partial charge in [-0.05, 0) is 67.6 Å². The molecule has 94 valence electrons. The van der Waals surface area contributed by atoms with Crippen LogP contribution in [0.1, 0.15) is 46.0 Å². The van der Waals surface area contributed by atoms with Crippen LogP contribution in [0.15, 0.2) is 24.3 Å². The van der Waals surface area contributed by atoms with Crippen molar-refractivity contribution in [3.05, 3.63) is 24.3 Å². The summed E-state index contributed by atoms with van der Waals surface area (Å²) in [5.41, 5.74) is 0. The molecule has 2 saturated carbocycles. The largest absolute Gasteiger partial charge is 0.0879 e. The Labute approximate surface area is 106 Å². The Morgan fingerprint density at radius 2 is 1.47 bits per heavy atom. The third-order valence-electron chi connectivity index (χ3n) is 5.47. The van der Waals surface area contributed by atoms with Crippen molar-refractivity contribution in [2.45, 2.75) is 46.0 Å². The number of hydrogen-bond donors (Lipinski definition) is 0. The lowest BCUT2D eigenvalue weighted by molar-refractivity contribution is 0.182. The lowest BCUT2D eigenvalue weighted by atomic mass is 9.70. The minimum atomic E-state index is 0.937. The molecular formula is C17H26. The van der Waals surface area contributed by atoms with E-state index in [0.717, 1.165) is 35.5 Å². The van der Waals surface area contributed by atoms with Crippen LogP contribution in [0.5, 0.6) is 0 Å². The molecule has 4 aliphatic carbocycles. The Morgan fingerprint density at radius 3 is 2.24 bits per heavy atom. The molecule has 0 nitrogen and oxygen atoms in total. The minimum Gasteiger partial charge on any atom is -0.0879 e. The number of hydrogen-bond acceptors (Lipinski definition) is 0. The number of allylic oxidation sites excluding steroid dienone is 4. The molecule has 0 aliphatic heterocycles. The van der Waals surface area contributed by atoms with Gasteiger partial charge in [-0.3, -0.25) is 0 Å². The van der Waals surface area contributed by atoms with Gasteiger partial charge in [0.05, 0.1) is 0 Å². The van der Waals surface area contributed by atoms with Crippen LogP contribution in [-0.4, -0.2) is 0 Å². The molecule has 0 spiro atoms. The molecule has 4 rings (SSSR count). The van der Waals surface area contributed by atoms with Crippen LogP contribution >= 0.6 is 0 Å². The van der Waals surface area contributed by atoms with Gasteiger partial charge < -0.3 is 0 Å². The quantitative estimate of drug-likeness (QED) is 0.523. The monoisotopic (exact) mass is 230 g/mol. The Balaban J connectivity index is 0.000000431. The summed E-state index contributed by atoms with van der Waals surface area (Å²) in [6.45, 7) is 4.00. The first-order valence-corrected chi connectivity index (χ1v) is 7.77. The average molecular weight is 230 g/mol. The van der Waals surface area contributed by atoms with Gasteiger partial charge in [0.1, 0.15) is 0 Å². The third kappa shape index (κ3) is 1.90. The van der Waals surface area contributed by atoms with Crippen LogP contribution in [0, 0.1) is 35.5 Å². The Morgan fingerprint density at radius 1 is 0.765 bits per heavy atom. The first-order valence-electron chi connectivity index (χ1n) is 7.77. The fourth-order valence-electron chi connectivity index (χ4n) is 4.61. The van der Waals surface area contributed by atoms with Crippen molar-refractivity contribution < 1.29 is 0 Å². The van der Waals surface area contributed by atoms with Crippen molar-refractivity contribution in [3.8, 4) is 0 Å². The van der Waals surface area contributed by atoms with E-state index in [-0.39, 0.29) is 0 Å². The van der Waals surface area contributed by atoms with Gasteiger partial charge in [-0.1, -0.05) is 38.2 Å². The van der Waals surface area contributed by atoms with Crippen LogP contribution in [0.4, 0.5) is 0 Å². The summed E-state index contributed by atoms with van der Waals surface area (Å²) in [6.07, 6.45) is 17.4. The van der Waals surface area contributed by atoms with Gasteiger partial charge in [0.15, 0.2) is 0 Å². The lowest BCUT2D eigenvalue weighted by Gasteiger charge is -2.34. The summed E-state index contributed by atoms with van der Waals surface area (Å²) in [7, 11) is 0. The van der Waals surface area contributed by atoms with E-state index < -0.39 is 0 Å². The van der Waals surface area contributed by atoms with Gasteiger partial charge >= 0.3 is 0 Å². The van der Waals surface area contributed by atoms with Gasteiger partial charge in [0.2, 0.25) is 0 Å². The number of rotatable bonds is 0. The van der Waals surface area contributed by atoms with Gasteiger partial charge in [0, 0.05) is 0 Å². The van der Waals surface area contributed by atoms with Crippen molar-refractivity contribution >= 4 is 0 Å². The highest BCUT2D eigenvalue weighted by atomic mass is 14.6. The third-order valence-corrected chi connectivity index (χ3v) is 5.47. The van der Waals surface area contributed by atoms with Gasteiger partial charge in [0.25, 0.3) is 0 Å². The van der Waals surface area contributed by atoms with Gasteiger partial charge in [-0.15, -0.1) is 0 Å². The summed E-state index contributed by atoms with van der Waals surface area (Å²) in [6, 6.07) is 0. The molecule has 0 saturated heterocycles. The maximum absolute atomic E-state index is 2.60. The van der Waals surface area contributed by atoms with Gasteiger partial charge in [-0.25, -0.2) is 0 Å². The molecule has 6 atom stereocenters. The van der Waals surface area contributed by atoms with Crippen molar-refractivity contribution in [1.29, 1.82) is 0 Å². The van der Waals surface area contributed by atoms with E-state index >= 15 is 0 Å². The fourth-order valence-corrected chi connectivity index (χ4v) is 4.61. The SMILES string of the molecule is C1=CC2C(C1)CC=CC1C3CC3CCC21.CC. The molecule has 0 N–H and O–H groups in total. The molecular weight excluding hydrogens is 204 g/mol. The van der Waals surface area contributed by atoms with E-state index in [2.05, 4.69) is 24.3 Å². The topological polar surface area (TPSA) is 0 Å². The maximum atomic E-state index is 2.60. The molecule has 6 unspecified atom stereocenters. The normalized spacial score (nSPS) is 49.3. The van der Waals surface area contributed by atoms with Crippen LogP contribution in [0.3, 0.4) is 0 Å². The Bertz CT molecular complexity index is 325. The zero-order chi connectivity index (χ0) is 11.8. The molecule has 0 aromatic carbocycles. The zero-order valence-corrected chi connectivity index (χ0v) is 11.3. The van der Waals surface area contributed by atoms with Crippen molar-refractivity contribution in [2.24, 2.45) is 35.5 Å². The molecule has 0 amide bonds. The van der Waals surface area contributed by atoms with E-state index in [4.69, 9.17) is 0 Å². The van der Waals surface area contributed by atoms with Crippen molar-refractivity contribution in [2.75, 3.05) is 0 Å². The molecule has 0 heteroatoms. The van der Waals surface area contributed by atoms with Gasteiger partial charge in [-0.2, -0.15) is 0 Å². The molecule has 0 aromatic rings. The molecule has 4 aliphatic rings. The summed E-state index contributed by atoms with van der Waals surface area (Å²) < 4.78 is 0. The maximum Gasteiger partial charge on any atom is -0.0165 e. The lowest BCUT2D eigenvalue weighted by Crippen LogP contribution is -2.28. The first kappa shape index (κ1) is 11.6. The van der Waals surface area contributed by atoms with Crippen molar-refractivity contribution in [1.82, 2.24) is 0 Å². The van der Waals surface area contributed by atoms with Crippen molar-refractivity contribution in [3.63, 3.8) is 0 Å². The molecule has 0 radical (unpaired) electrons. The minimum absolute atomic E-state index is 0.937. The highest BCUT2D eigenvalue weighted by molar-refractivity contribution is 5.16. The second-order valence-corrected chi connectivity index (χ2v) is 6.14. The smallest absolute Gasteiger partial charge is 0.0165 e. The second-order valence-electron chi connectivity index (χ2n) is 6.14. The fraction of sp³-hybridized carbons (Fsp3) is 0.765. The van der Waals surface area contributed by atoms with E-state index in [1.165, 1.54) is 25.7 Å². The molecule has 0 bridgehead atoms. The predicted octanol–water partition coefficient (Wildman–Crippen LogP) is 4.83. The molecule has 2 fully saturated rings. The average Bonchev–Trinajstić information content (AvgIpc) is 3.07. The van der Waals surface area contributed by atoms with E-state index in [1.54, 1.807) is 6.42 Å². The molecule has 0 aromatic heterocycles. The van der Waals surface area contributed by atoms with E-state index in [1.807, 2.05) is 13.8 Å². The Hall–Kier alpha value is -0.520. The van der Waals surface area contributed by atoms with Crippen LogP contribution in [0.25, 0.3) is 0 Å². The highest BCUT2D eigenvalue weighted by Gasteiger charge is 2.51. The summed E-state index contributed by atoms with van der Waals surface area (Å²) in [5, 5.41) is 0. The molecule has 17 heavy (non-hydrogen) atoms. The van der Waals surface area contributed by atoms with E-state index in [9.17, 15) is 0 Å². The van der Waals surface area contributed by atoms with Crippen LogP contribution in [0.2, 0.25) is 0 Å². The van der Waals surface area contributed by atoms with Crippen LogP contribution in [-0.2, 0) is 0 Å². The summed E-state index contributed by atoms with van der Waals surface area (Å²) >= 11 is 0. The van der Waals surface area contributed by atoms with E-state index in [0.29, 0.717) is 0 Å². The summed E-state index contributed by atoms with van der Waals surface area (Å²) in [5.74, 6) is 6.08. The number of fused-ring (bicyclic) bond motifs is 5. The Kier molecular flexibility index (Phi) is 3.15. The predicted molar refractivity (Wildman–Crippen MR) is 73.7 cm³/mol. The molecule has 0 heterocycles. The second kappa shape index (κ2) is 4.63.